The Morgan fingerprint density at radius 3 is 2.50 bits per heavy atom. The van der Waals surface area contributed by atoms with Gasteiger partial charge in [-0.3, -0.25) is 4.79 Å². The van der Waals surface area contributed by atoms with Crippen LogP contribution in [0.4, 0.5) is 0 Å². The lowest BCUT2D eigenvalue weighted by Crippen LogP contribution is -2.45. The molecule has 1 rings (SSSR count). The summed E-state index contributed by atoms with van der Waals surface area (Å²) in [6.45, 7) is 6.19. The SMILES string of the molecule is CC1CC(C)C(C)C(=O)N1. The molecule has 0 aromatic heterocycles. The molecule has 1 aliphatic heterocycles. The van der Waals surface area contributed by atoms with E-state index in [1.54, 1.807) is 0 Å². The third-order valence-corrected chi connectivity index (χ3v) is 2.38. The van der Waals surface area contributed by atoms with Gasteiger partial charge < -0.3 is 5.32 Å². The van der Waals surface area contributed by atoms with Crippen LogP contribution in [0.3, 0.4) is 0 Å². The Morgan fingerprint density at radius 1 is 1.40 bits per heavy atom. The van der Waals surface area contributed by atoms with E-state index in [-0.39, 0.29) is 11.8 Å². The number of hydrogen-bond donors (Lipinski definition) is 1. The highest BCUT2D eigenvalue weighted by Gasteiger charge is 2.27. The van der Waals surface area contributed by atoms with Crippen molar-refractivity contribution in [2.75, 3.05) is 0 Å². The zero-order valence-electron chi connectivity index (χ0n) is 6.85. The van der Waals surface area contributed by atoms with Gasteiger partial charge in [0, 0.05) is 12.0 Å². The molecule has 0 aliphatic carbocycles. The summed E-state index contributed by atoms with van der Waals surface area (Å²) in [5, 5.41) is 2.92. The van der Waals surface area contributed by atoms with Crippen LogP contribution < -0.4 is 5.32 Å². The molecule has 58 valence electrons. The topological polar surface area (TPSA) is 29.1 Å². The fourth-order valence-electron chi connectivity index (χ4n) is 1.45. The summed E-state index contributed by atoms with van der Waals surface area (Å²) < 4.78 is 0. The molecule has 3 atom stereocenters. The fraction of sp³-hybridized carbons (Fsp3) is 0.875. The normalized spacial score (nSPS) is 41.1. The van der Waals surface area contributed by atoms with E-state index in [9.17, 15) is 4.79 Å². The van der Waals surface area contributed by atoms with Crippen molar-refractivity contribution in [3.8, 4) is 0 Å². The first-order valence-electron chi connectivity index (χ1n) is 3.91. The first-order chi connectivity index (χ1) is 4.61. The van der Waals surface area contributed by atoms with Gasteiger partial charge in [-0.25, -0.2) is 0 Å². The summed E-state index contributed by atoms with van der Waals surface area (Å²) in [4.78, 5) is 11.1. The Morgan fingerprint density at radius 2 is 2.00 bits per heavy atom. The zero-order valence-corrected chi connectivity index (χ0v) is 6.85. The lowest BCUT2D eigenvalue weighted by atomic mass is 9.86. The number of hydrogen-bond acceptors (Lipinski definition) is 1. The molecule has 0 aromatic carbocycles. The van der Waals surface area contributed by atoms with Gasteiger partial charge in [-0.05, 0) is 19.3 Å². The Balaban J connectivity index is 2.57. The molecular formula is C8H15NO. The highest BCUT2D eigenvalue weighted by molar-refractivity contribution is 5.79. The maximum atomic E-state index is 11.1. The maximum Gasteiger partial charge on any atom is 0.223 e. The molecule has 10 heavy (non-hydrogen) atoms. The minimum Gasteiger partial charge on any atom is -0.353 e. The van der Waals surface area contributed by atoms with E-state index in [0.29, 0.717) is 12.0 Å². The molecule has 0 saturated carbocycles. The number of carbonyl (C=O) groups excluding carboxylic acids is 1. The van der Waals surface area contributed by atoms with Gasteiger partial charge in [0.25, 0.3) is 0 Å². The molecule has 1 heterocycles. The number of piperidine rings is 1. The highest BCUT2D eigenvalue weighted by Crippen LogP contribution is 2.21. The van der Waals surface area contributed by atoms with E-state index < -0.39 is 0 Å². The summed E-state index contributed by atoms with van der Waals surface area (Å²) in [6, 6.07) is 0.374. The Bertz CT molecular complexity index is 144. The second-order valence-electron chi connectivity index (χ2n) is 3.41. The summed E-state index contributed by atoms with van der Waals surface area (Å²) >= 11 is 0. The van der Waals surface area contributed by atoms with Crippen molar-refractivity contribution in [3.05, 3.63) is 0 Å². The van der Waals surface area contributed by atoms with Crippen LogP contribution in [0.1, 0.15) is 27.2 Å². The van der Waals surface area contributed by atoms with Crippen LogP contribution in [0.25, 0.3) is 0 Å². The van der Waals surface area contributed by atoms with Crippen molar-refractivity contribution in [1.82, 2.24) is 5.32 Å². The van der Waals surface area contributed by atoms with Crippen LogP contribution in [-0.2, 0) is 4.79 Å². The molecule has 1 aliphatic rings. The molecule has 2 nitrogen and oxygen atoms in total. The minimum absolute atomic E-state index is 0.205. The molecule has 2 heteroatoms. The van der Waals surface area contributed by atoms with Gasteiger partial charge in [-0.1, -0.05) is 13.8 Å². The summed E-state index contributed by atoms with van der Waals surface area (Å²) in [5.41, 5.74) is 0. The second kappa shape index (κ2) is 2.60. The van der Waals surface area contributed by atoms with Crippen molar-refractivity contribution in [2.45, 2.75) is 33.2 Å². The predicted molar refractivity (Wildman–Crippen MR) is 40.5 cm³/mol. The molecular weight excluding hydrogens is 126 g/mol. The molecule has 0 radical (unpaired) electrons. The van der Waals surface area contributed by atoms with Crippen molar-refractivity contribution >= 4 is 5.91 Å². The molecule has 0 aromatic rings. The first-order valence-corrected chi connectivity index (χ1v) is 3.91. The van der Waals surface area contributed by atoms with Gasteiger partial charge >= 0.3 is 0 Å². The largest absolute Gasteiger partial charge is 0.353 e. The van der Waals surface area contributed by atoms with E-state index >= 15 is 0 Å². The van der Waals surface area contributed by atoms with E-state index in [0.717, 1.165) is 6.42 Å². The smallest absolute Gasteiger partial charge is 0.223 e. The molecule has 3 unspecified atom stereocenters. The molecule has 0 bridgehead atoms. The molecule has 1 amide bonds. The lowest BCUT2D eigenvalue weighted by Gasteiger charge is -2.30. The number of carbonyl (C=O) groups is 1. The molecule has 1 N–H and O–H groups in total. The molecule has 0 spiro atoms. The van der Waals surface area contributed by atoms with Crippen molar-refractivity contribution < 1.29 is 4.79 Å². The van der Waals surface area contributed by atoms with E-state index in [1.807, 2.05) is 6.92 Å². The van der Waals surface area contributed by atoms with Crippen molar-refractivity contribution in [2.24, 2.45) is 11.8 Å². The monoisotopic (exact) mass is 141 g/mol. The summed E-state index contributed by atoms with van der Waals surface area (Å²) in [7, 11) is 0. The van der Waals surface area contributed by atoms with Gasteiger partial charge in [0.2, 0.25) is 5.91 Å². The van der Waals surface area contributed by atoms with Crippen LogP contribution in [0, 0.1) is 11.8 Å². The van der Waals surface area contributed by atoms with E-state index in [2.05, 4.69) is 19.2 Å². The average Bonchev–Trinajstić information content (AvgIpc) is 1.82. The van der Waals surface area contributed by atoms with Gasteiger partial charge in [0.05, 0.1) is 0 Å². The molecule has 1 saturated heterocycles. The van der Waals surface area contributed by atoms with Gasteiger partial charge in [-0.15, -0.1) is 0 Å². The number of amides is 1. The second-order valence-corrected chi connectivity index (χ2v) is 3.41. The summed E-state index contributed by atoms with van der Waals surface area (Å²) in [5.74, 6) is 0.964. The third-order valence-electron chi connectivity index (χ3n) is 2.38. The van der Waals surface area contributed by atoms with Crippen LogP contribution in [0.2, 0.25) is 0 Å². The van der Waals surface area contributed by atoms with Crippen molar-refractivity contribution in [1.29, 1.82) is 0 Å². The fourth-order valence-corrected chi connectivity index (χ4v) is 1.45. The Hall–Kier alpha value is -0.530. The van der Waals surface area contributed by atoms with Crippen LogP contribution in [0.5, 0.6) is 0 Å². The van der Waals surface area contributed by atoms with E-state index in [4.69, 9.17) is 0 Å². The van der Waals surface area contributed by atoms with Crippen LogP contribution >= 0.6 is 0 Å². The Labute approximate surface area is 62.0 Å². The van der Waals surface area contributed by atoms with Gasteiger partial charge in [0.1, 0.15) is 0 Å². The lowest BCUT2D eigenvalue weighted by molar-refractivity contribution is -0.128. The quantitative estimate of drug-likeness (QED) is 0.539. The predicted octanol–water partition coefficient (Wildman–Crippen LogP) is 1.17. The standard InChI is InChI=1S/C8H15NO/c1-5-4-6(2)9-8(10)7(5)3/h5-7H,4H2,1-3H3,(H,9,10). The summed E-state index contributed by atoms with van der Waals surface area (Å²) in [6.07, 6.45) is 1.12. The number of nitrogens with one attached hydrogen (secondary N) is 1. The minimum atomic E-state index is 0.205. The van der Waals surface area contributed by atoms with Gasteiger partial charge in [0.15, 0.2) is 0 Å². The average molecular weight is 141 g/mol. The van der Waals surface area contributed by atoms with Crippen molar-refractivity contribution in [3.63, 3.8) is 0 Å². The van der Waals surface area contributed by atoms with E-state index in [1.165, 1.54) is 0 Å². The van der Waals surface area contributed by atoms with Crippen LogP contribution in [-0.4, -0.2) is 11.9 Å². The highest BCUT2D eigenvalue weighted by atomic mass is 16.2. The van der Waals surface area contributed by atoms with Gasteiger partial charge in [-0.2, -0.15) is 0 Å². The molecule has 1 fully saturated rings. The number of rotatable bonds is 0. The van der Waals surface area contributed by atoms with Crippen LogP contribution in [0.15, 0.2) is 0 Å². The first kappa shape index (κ1) is 7.58. The zero-order chi connectivity index (χ0) is 7.72. The maximum absolute atomic E-state index is 11.1. The Kier molecular flexibility index (Phi) is 1.97. The third kappa shape index (κ3) is 1.31.